The fourth-order valence-electron chi connectivity index (χ4n) is 1.37. The number of aryl methyl sites for hydroxylation is 1. The number of benzene rings is 1. The van der Waals surface area contributed by atoms with E-state index in [-0.39, 0.29) is 11.8 Å². The highest BCUT2D eigenvalue weighted by Gasteiger charge is 2.08. The number of primary amides is 1. The Bertz CT molecular complexity index is 303. The van der Waals surface area contributed by atoms with Crippen molar-refractivity contribution in [2.75, 3.05) is 0 Å². The largest absolute Gasteiger partial charge is 0.369 e. The third-order valence-corrected chi connectivity index (χ3v) is 2.46. The van der Waals surface area contributed by atoms with Gasteiger partial charge in [0.05, 0.1) is 0 Å². The quantitative estimate of drug-likeness (QED) is 0.776. The lowest BCUT2D eigenvalue weighted by Crippen LogP contribution is -2.22. The van der Waals surface area contributed by atoms with Crippen LogP contribution >= 0.6 is 0 Å². The molecular weight excluding hydrogens is 174 g/mol. The summed E-state index contributed by atoms with van der Waals surface area (Å²) in [7, 11) is 0. The van der Waals surface area contributed by atoms with E-state index >= 15 is 0 Å². The molecule has 0 bridgehead atoms. The molecular formula is C12H17NO. The molecule has 0 heterocycles. The van der Waals surface area contributed by atoms with Gasteiger partial charge in [-0.05, 0) is 24.0 Å². The molecule has 0 saturated carbocycles. The fourth-order valence-corrected chi connectivity index (χ4v) is 1.37. The Morgan fingerprint density at radius 1 is 1.29 bits per heavy atom. The number of carbonyl (C=O) groups excluding carboxylic acids is 1. The van der Waals surface area contributed by atoms with Gasteiger partial charge in [0.25, 0.3) is 0 Å². The molecule has 14 heavy (non-hydrogen) atoms. The van der Waals surface area contributed by atoms with Crippen LogP contribution in [0.15, 0.2) is 24.3 Å². The van der Waals surface area contributed by atoms with E-state index in [0.717, 1.165) is 12.8 Å². The second-order valence-corrected chi connectivity index (χ2v) is 3.68. The second kappa shape index (κ2) is 4.80. The van der Waals surface area contributed by atoms with E-state index in [2.05, 4.69) is 31.2 Å². The van der Waals surface area contributed by atoms with Crippen LogP contribution in [0.3, 0.4) is 0 Å². The van der Waals surface area contributed by atoms with Gasteiger partial charge in [0.2, 0.25) is 5.91 Å². The van der Waals surface area contributed by atoms with E-state index in [0.29, 0.717) is 0 Å². The Balaban J connectivity index is 2.64. The van der Waals surface area contributed by atoms with Crippen LogP contribution in [0.25, 0.3) is 0 Å². The van der Waals surface area contributed by atoms with E-state index in [9.17, 15) is 4.79 Å². The van der Waals surface area contributed by atoms with Crippen LogP contribution < -0.4 is 5.73 Å². The summed E-state index contributed by atoms with van der Waals surface area (Å²) in [5, 5.41) is 0. The summed E-state index contributed by atoms with van der Waals surface area (Å²) in [5.41, 5.74) is 7.70. The van der Waals surface area contributed by atoms with Crippen LogP contribution in [0.4, 0.5) is 0 Å². The average Bonchev–Trinajstić information content (AvgIpc) is 2.19. The van der Waals surface area contributed by atoms with E-state index < -0.39 is 0 Å². The minimum atomic E-state index is -0.232. The summed E-state index contributed by atoms with van der Waals surface area (Å²) >= 11 is 0. The van der Waals surface area contributed by atoms with E-state index in [4.69, 9.17) is 5.73 Å². The van der Waals surface area contributed by atoms with Crippen molar-refractivity contribution in [2.45, 2.75) is 26.7 Å². The lowest BCUT2D eigenvalue weighted by molar-refractivity contribution is -0.121. The minimum absolute atomic E-state index is 0.0810. The molecule has 1 atom stereocenters. The highest BCUT2D eigenvalue weighted by atomic mass is 16.1. The molecule has 2 N–H and O–H groups in total. The predicted octanol–water partition coefficient (Wildman–Crippen LogP) is 1.91. The van der Waals surface area contributed by atoms with Gasteiger partial charge in [-0.15, -0.1) is 0 Å². The summed E-state index contributed by atoms with van der Waals surface area (Å²) in [4.78, 5) is 10.8. The minimum Gasteiger partial charge on any atom is -0.369 e. The summed E-state index contributed by atoms with van der Waals surface area (Å²) in [6, 6.07) is 8.34. The van der Waals surface area contributed by atoms with Crippen molar-refractivity contribution in [3.63, 3.8) is 0 Å². The van der Waals surface area contributed by atoms with Crippen molar-refractivity contribution in [3.8, 4) is 0 Å². The van der Waals surface area contributed by atoms with Crippen molar-refractivity contribution in [2.24, 2.45) is 11.7 Å². The molecule has 1 rings (SSSR count). The molecule has 76 valence electrons. The first kappa shape index (κ1) is 10.8. The van der Waals surface area contributed by atoms with Crippen molar-refractivity contribution >= 4 is 5.91 Å². The molecule has 0 fully saturated rings. The van der Waals surface area contributed by atoms with Gasteiger partial charge in [-0.2, -0.15) is 0 Å². The number of rotatable bonds is 4. The molecule has 0 aliphatic heterocycles. The third-order valence-electron chi connectivity index (χ3n) is 2.46. The molecule has 0 aromatic heterocycles. The first-order chi connectivity index (χ1) is 6.63. The topological polar surface area (TPSA) is 43.1 Å². The van der Waals surface area contributed by atoms with Crippen LogP contribution in [-0.4, -0.2) is 5.91 Å². The molecule has 0 spiro atoms. The van der Waals surface area contributed by atoms with Gasteiger partial charge < -0.3 is 5.73 Å². The maximum atomic E-state index is 10.8. The zero-order valence-electron chi connectivity index (χ0n) is 8.79. The van der Waals surface area contributed by atoms with Gasteiger partial charge in [0.1, 0.15) is 0 Å². The van der Waals surface area contributed by atoms with E-state index in [1.807, 2.05) is 6.92 Å². The number of carbonyl (C=O) groups is 1. The molecule has 2 heteroatoms. The fraction of sp³-hybridized carbons (Fsp3) is 0.417. The lowest BCUT2D eigenvalue weighted by Gasteiger charge is -2.07. The number of hydrogen-bond acceptors (Lipinski definition) is 1. The number of hydrogen-bond donors (Lipinski definition) is 1. The van der Waals surface area contributed by atoms with Crippen LogP contribution in [0.5, 0.6) is 0 Å². The third kappa shape index (κ3) is 2.87. The molecule has 0 unspecified atom stereocenters. The van der Waals surface area contributed by atoms with Gasteiger partial charge in [0, 0.05) is 5.92 Å². The highest BCUT2D eigenvalue weighted by Crippen LogP contribution is 2.10. The summed E-state index contributed by atoms with van der Waals surface area (Å²) in [5.74, 6) is -0.313. The number of amides is 1. The Labute approximate surface area is 85.1 Å². The molecule has 2 nitrogen and oxygen atoms in total. The smallest absolute Gasteiger partial charge is 0.220 e. The molecule has 0 aliphatic carbocycles. The zero-order valence-corrected chi connectivity index (χ0v) is 8.79. The van der Waals surface area contributed by atoms with Crippen LogP contribution in [0, 0.1) is 5.92 Å². The first-order valence-electron chi connectivity index (χ1n) is 5.00. The number of nitrogens with two attached hydrogens (primary N) is 1. The van der Waals surface area contributed by atoms with E-state index in [1.165, 1.54) is 11.1 Å². The first-order valence-corrected chi connectivity index (χ1v) is 5.00. The van der Waals surface area contributed by atoms with Crippen LogP contribution in [0.1, 0.15) is 25.0 Å². The highest BCUT2D eigenvalue weighted by molar-refractivity contribution is 5.76. The van der Waals surface area contributed by atoms with Gasteiger partial charge in [-0.3, -0.25) is 4.79 Å². The molecule has 1 amide bonds. The molecule has 1 aromatic carbocycles. The molecule has 1 aromatic rings. The SMILES string of the molecule is CCc1ccc(C[C@H](C)C(N)=O)cc1. The zero-order chi connectivity index (χ0) is 10.6. The second-order valence-electron chi connectivity index (χ2n) is 3.68. The van der Waals surface area contributed by atoms with Crippen molar-refractivity contribution in [3.05, 3.63) is 35.4 Å². The lowest BCUT2D eigenvalue weighted by atomic mass is 9.99. The molecule has 0 radical (unpaired) electrons. The Morgan fingerprint density at radius 2 is 1.79 bits per heavy atom. The normalized spacial score (nSPS) is 12.4. The standard InChI is InChI=1S/C12H17NO/c1-3-10-4-6-11(7-5-10)8-9(2)12(13)14/h4-7,9H,3,8H2,1-2H3,(H2,13,14)/t9-/m0/s1. The maximum Gasteiger partial charge on any atom is 0.220 e. The van der Waals surface area contributed by atoms with Crippen molar-refractivity contribution < 1.29 is 4.79 Å². The summed E-state index contributed by atoms with van der Waals surface area (Å²) in [6.45, 7) is 3.98. The summed E-state index contributed by atoms with van der Waals surface area (Å²) < 4.78 is 0. The van der Waals surface area contributed by atoms with Gasteiger partial charge in [-0.1, -0.05) is 38.1 Å². The average molecular weight is 191 g/mol. The molecule has 0 saturated heterocycles. The van der Waals surface area contributed by atoms with Crippen molar-refractivity contribution in [1.29, 1.82) is 0 Å². The van der Waals surface area contributed by atoms with Gasteiger partial charge in [-0.25, -0.2) is 0 Å². The van der Waals surface area contributed by atoms with Crippen molar-refractivity contribution in [1.82, 2.24) is 0 Å². The van der Waals surface area contributed by atoms with E-state index in [1.54, 1.807) is 0 Å². The Hall–Kier alpha value is -1.31. The Morgan fingerprint density at radius 3 is 2.21 bits per heavy atom. The van der Waals surface area contributed by atoms with Crippen LogP contribution in [-0.2, 0) is 17.6 Å². The van der Waals surface area contributed by atoms with Gasteiger partial charge >= 0.3 is 0 Å². The summed E-state index contributed by atoms with van der Waals surface area (Å²) in [6.07, 6.45) is 1.78. The Kier molecular flexibility index (Phi) is 3.69. The predicted molar refractivity (Wildman–Crippen MR) is 57.9 cm³/mol. The van der Waals surface area contributed by atoms with Crippen LogP contribution in [0.2, 0.25) is 0 Å². The van der Waals surface area contributed by atoms with Gasteiger partial charge in [0.15, 0.2) is 0 Å². The maximum absolute atomic E-state index is 10.8. The monoisotopic (exact) mass is 191 g/mol. The molecule has 0 aliphatic rings.